The molecule has 1 heterocycles. The van der Waals surface area contributed by atoms with Crippen molar-refractivity contribution in [1.29, 1.82) is 0 Å². The van der Waals surface area contributed by atoms with Gasteiger partial charge in [-0.05, 0) is 0 Å². The van der Waals surface area contributed by atoms with Crippen LogP contribution in [-0.2, 0) is 14.2 Å². The smallest absolute Gasteiger partial charge is 0.368 e. The van der Waals surface area contributed by atoms with E-state index in [0.717, 1.165) is 0 Å². The minimum atomic E-state index is -5.32. The van der Waals surface area contributed by atoms with Crippen molar-refractivity contribution < 1.29 is 58.1 Å². The Hall–Kier alpha value is -1.82. The summed E-state index contributed by atoms with van der Waals surface area (Å²) in [6.07, 6.45) is -15.6. The third kappa shape index (κ3) is 7.25. The maximum Gasteiger partial charge on any atom is 0.590 e. The molecule has 0 bridgehead atoms. The molecule has 0 atom stereocenters. The number of halogens is 10. The molecule has 0 aromatic carbocycles. The van der Waals surface area contributed by atoms with Crippen molar-refractivity contribution >= 4 is 0 Å². The highest BCUT2D eigenvalue weighted by atomic mass is 19.4. The maximum atomic E-state index is 12.0. The monoisotopic (exact) mass is 310 g/mol. The van der Waals surface area contributed by atoms with Gasteiger partial charge < -0.3 is 14.2 Å². The Bertz CT molecular complexity index is 365. The van der Waals surface area contributed by atoms with E-state index in [-0.39, 0.29) is 0 Å². The highest BCUT2D eigenvalue weighted by Gasteiger charge is 2.50. The second kappa shape index (κ2) is 5.88. The minimum absolute atomic E-state index is 2.04. The van der Waals surface area contributed by atoms with Gasteiger partial charge in [0.2, 0.25) is 0 Å². The Morgan fingerprint density at radius 1 is 0.947 bits per heavy atom. The normalized spacial score (nSPS) is 16.9. The molecule has 13 heteroatoms. The molecule has 0 amide bonds. The molecular formula is C6F10O3. The van der Waals surface area contributed by atoms with Crippen LogP contribution in [0.1, 0.15) is 0 Å². The van der Waals surface area contributed by atoms with Crippen LogP contribution >= 0.6 is 0 Å². The standard InChI is InChI=1S/C4F6O3.C2F4/c5-1-2(12-3(6,7)8)13-4(9,10)11-1;3-1(4)2(5)6. The molecule has 0 saturated heterocycles. The van der Waals surface area contributed by atoms with Gasteiger partial charge in [-0.3, -0.25) is 0 Å². The molecule has 0 fully saturated rings. The fraction of sp³-hybridized carbons (Fsp3) is 0.333. The third-order valence-corrected chi connectivity index (χ3v) is 0.932. The zero-order chi connectivity index (χ0) is 15.4. The van der Waals surface area contributed by atoms with E-state index < -0.39 is 36.8 Å². The Labute approximate surface area is 96.2 Å². The lowest BCUT2D eigenvalue weighted by Gasteiger charge is -2.09. The molecule has 1 rings (SSSR count). The topological polar surface area (TPSA) is 27.7 Å². The van der Waals surface area contributed by atoms with E-state index in [2.05, 4.69) is 14.2 Å². The molecule has 3 nitrogen and oxygen atoms in total. The van der Waals surface area contributed by atoms with E-state index in [1.807, 2.05) is 0 Å². The van der Waals surface area contributed by atoms with Gasteiger partial charge in [-0.15, -0.1) is 22.0 Å². The summed E-state index contributed by atoms with van der Waals surface area (Å²) in [5.41, 5.74) is 0. The average Bonchev–Trinajstić information content (AvgIpc) is 2.37. The van der Waals surface area contributed by atoms with Gasteiger partial charge in [-0.1, -0.05) is 0 Å². The summed E-state index contributed by atoms with van der Waals surface area (Å²) in [5, 5.41) is 0. The lowest BCUT2D eigenvalue weighted by molar-refractivity contribution is -0.374. The van der Waals surface area contributed by atoms with Crippen molar-refractivity contribution in [2.75, 3.05) is 0 Å². The lowest BCUT2D eigenvalue weighted by atomic mass is 10.9. The molecule has 0 aromatic rings. The molecular weight excluding hydrogens is 310 g/mol. The second-order valence-corrected chi connectivity index (χ2v) is 2.30. The van der Waals surface area contributed by atoms with Gasteiger partial charge in [-0.25, -0.2) is 0 Å². The van der Waals surface area contributed by atoms with Gasteiger partial charge in [0.1, 0.15) is 0 Å². The number of ether oxygens (including phenoxy) is 3. The first-order valence-corrected chi connectivity index (χ1v) is 3.61. The van der Waals surface area contributed by atoms with Crippen molar-refractivity contribution in [2.45, 2.75) is 12.7 Å². The Balaban J connectivity index is 0.000000459. The molecule has 1 aliphatic rings. The zero-order valence-electron chi connectivity index (χ0n) is 8.00. The molecule has 0 aromatic heterocycles. The maximum absolute atomic E-state index is 12.0. The largest absolute Gasteiger partial charge is 0.590 e. The summed E-state index contributed by atoms with van der Waals surface area (Å²) in [5.74, 6) is -2.04. The first-order valence-electron chi connectivity index (χ1n) is 3.61. The van der Waals surface area contributed by atoms with Crippen LogP contribution in [0.4, 0.5) is 43.9 Å². The number of hydrogen-bond donors (Lipinski definition) is 0. The van der Waals surface area contributed by atoms with Crippen molar-refractivity contribution in [3.8, 4) is 0 Å². The van der Waals surface area contributed by atoms with E-state index in [0.29, 0.717) is 0 Å². The lowest BCUT2D eigenvalue weighted by Crippen LogP contribution is -2.19. The Morgan fingerprint density at radius 3 is 1.58 bits per heavy atom. The first kappa shape index (κ1) is 17.2. The quantitative estimate of drug-likeness (QED) is 0.679. The fourth-order valence-electron chi connectivity index (χ4n) is 0.481. The average molecular weight is 310 g/mol. The molecule has 112 valence electrons. The highest BCUT2D eigenvalue weighted by Crippen LogP contribution is 2.37. The van der Waals surface area contributed by atoms with Gasteiger partial charge in [-0.2, -0.15) is 22.0 Å². The van der Waals surface area contributed by atoms with E-state index in [1.165, 1.54) is 0 Å². The number of rotatable bonds is 1. The molecule has 0 saturated carbocycles. The van der Waals surface area contributed by atoms with Gasteiger partial charge in [0.05, 0.1) is 0 Å². The van der Waals surface area contributed by atoms with Crippen LogP contribution < -0.4 is 0 Å². The summed E-state index contributed by atoms with van der Waals surface area (Å²) in [7, 11) is 0. The Morgan fingerprint density at radius 2 is 1.37 bits per heavy atom. The van der Waals surface area contributed by atoms with Crippen LogP contribution in [0, 0.1) is 0 Å². The predicted octanol–water partition coefficient (Wildman–Crippen LogP) is 4.21. The van der Waals surface area contributed by atoms with Crippen LogP contribution in [0.5, 0.6) is 0 Å². The van der Waals surface area contributed by atoms with Crippen molar-refractivity contribution in [3.63, 3.8) is 0 Å². The Kier molecular flexibility index (Phi) is 5.32. The van der Waals surface area contributed by atoms with Crippen molar-refractivity contribution in [1.82, 2.24) is 0 Å². The van der Waals surface area contributed by atoms with E-state index in [4.69, 9.17) is 0 Å². The molecule has 0 N–H and O–H groups in total. The predicted molar refractivity (Wildman–Crippen MR) is 33.8 cm³/mol. The number of alkyl halides is 5. The van der Waals surface area contributed by atoms with Crippen molar-refractivity contribution in [2.24, 2.45) is 0 Å². The first-order chi connectivity index (χ1) is 8.34. The van der Waals surface area contributed by atoms with Crippen LogP contribution in [0.15, 0.2) is 24.1 Å². The van der Waals surface area contributed by atoms with Crippen molar-refractivity contribution in [3.05, 3.63) is 24.1 Å². The van der Waals surface area contributed by atoms with Gasteiger partial charge in [0.15, 0.2) is 0 Å². The summed E-state index contributed by atoms with van der Waals surface area (Å²) in [6.45, 7) is 0. The molecule has 0 unspecified atom stereocenters. The van der Waals surface area contributed by atoms with E-state index in [9.17, 15) is 43.9 Å². The van der Waals surface area contributed by atoms with Gasteiger partial charge in [0, 0.05) is 0 Å². The van der Waals surface area contributed by atoms with E-state index in [1.54, 1.807) is 0 Å². The fourth-order valence-corrected chi connectivity index (χ4v) is 0.481. The van der Waals surface area contributed by atoms with Crippen LogP contribution in [-0.4, -0.2) is 12.7 Å². The van der Waals surface area contributed by atoms with Gasteiger partial charge in [0.25, 0.3) is 0 Å². The molecule has 1 aliphatic heterocycles. The highest BCUT2D eigenvalue weighted by molar-refractivity contribution is 4.90. The number of hydrogen-bond acceptors (Lipinski definition) is 3. The van der Waals surface area contributed by atoms with E-state index >= 15 is 0 Å². The minimum Gasteiger partial charge on any atom is -0.368 e. The summed E-state index contributed by atoms with van der Waals surface area (Å²) in [4.78, 5) is 0. The van der Waals surface area contributed by atoms with Crippen LogP contribution in [0.25, 0.3) is 0 Å². The van der Waals surface area contributed by atoms with Gasteiger partial charge >= 0.3 is 36.8 Å². The molecule has 0 spiro atoms. The van der Waals surface area contributed by atoms with Crippen LogP contribution in [0.3, 0.4) is 0 Å². The SMILES string of the molecule is FC(F)=C(F)F.FC1=C(OC(F)(F)F)OC(F)(F)O1. The molecule has 0 radical (unpaired) electrons. The molecule has 0 aliphatic carbocycles. The zero-order valence-corrected chi connectivity index (χ0v) is 8.00. The molecule has 19 heavy (non-hydrogen) atoms. The third-order valence-electron chi connectivity index (χ3n) is 0.932. The summed E-state index contributed by atoms with van der Waals surface area (Å²) in [6, 6.07) is -2.26. The summed E-state index contributed by atoms with van der Waals surface area (Å²) >= 11 is 0. The van der Waals surface area contributed by atoms with Crippen LogP contribution in [0.2, 0.25) is 0 Å². The summed E-state index contributed by atoms with van der Waals surface area (Å²) < 4.78 is 120. The second-order valence-electron chi connectivity index (χ2n) is 2.30.